The van der Waals surface area contributed by atoms with Gasteiger partial charge in [-0.25, -0.2) is 0 Å². The van der Waals surface area contributed by atoms with Crippen molar-refractivity contribution in [3.8, 4) is 11.5 Å². The maximum Gasteiger partial charge on any atom is 0.236 e. The minimum atomic E-state index is 0.471. The predicted octanol–water partition coefficient (Wildman–Crippen LogP) is 0.477. The van der Waals surface area contributed by atoms with E-state index in [0.29, 0.717) is 15.9 Å². The molecule has 16 heavy (non-hydrogen) atoms. The summed E-state index contributed by atoms with van der Waals surface area (Å²) in [6, 6.07) is 1.94. The molecule has 2 N–H and O–H groups in total. The second-order valence-electron chi connectivity index (χ2n) is 3.45. The van der Waals surface area contributed by atoms with Crippen LogP contribution in [-0.4, -0.2) is 29.6 Å². The first kappa shape index (κ1) is 9.28. The van der Waals surface area contributed by atoms with E-state index in [2.05, 4.69) is 20.4 Å². The lowest BCUT2D eigenvalue weighted by molar-refractivity contribution is 0.740. The lowest BCUT2D eigenvalue weighted by Crippen LogP contribution is -1.95. The Balaban J connectivity index is 2.24. The minimum absolute atomic E-state index is 0.471. The fourth-order valence-electron chi connectivity index (χ4n) is 1.46. The molecule has 3 aromatic rings. The van der Waals surface area contributed by atoms with E-state index < -0.39 is 0 Å². The van der Waals surface area contributed by atoms with Gasteiger partial charge in [0.25, 0.3) is 0 Å². The second-order valence-corrected chi connectivity index (χ2v) is 4.44. The lowest BCUT2D eigenvalue weighted by Gasteiger charge is -1.90. The summed E-state index contributed by atoms with van der Waals surface area (Å²) in [6.45, 7) is 1.98. The Morgan fingerprint density at radius 2 is 2.12 bits per heavy atom. The molecule has 8 heteroatoms. The average Bonchev–Trinajstić information content (AvgIpc) is 2.82. The van der Waals surface area contributed by atoms with Gasteiger partial charge < -0.3 is 5.73 Å². The van der Waals surface area contributed by atoms with E-state index in [-0.39, 0.29) is 0 Å². The van der Waals surface area contributed by atoms with Crippen LogP contribution in [0.3, 0.4) is 0 Å². The molecule has 0 radical (unpaired) electrons. The highest BCUT2D eigenvalue weighted by molar-refractivity contribution is 7.20. The number of rotatable bonds is 1. The van der Waals surface area contributed by atoms with Crippen LogP contribution in [0.4, 0.5) is 5.13 Å². The molecule has 3 aromatic heterocycles. The zero-order valence-electron chi connectivity index (χ0n) is 8.75. The molecular weight excluding hydrogens is 226 g/mol. The van der Waals surface area contributed by atoms with Crippen molar-refractivity contribution in [3.05, 3.63) is 11.8 Å². The number of hydrogen-bond acceptors (Lipinski definition) is 6. The van der Waals surface area contributed by atoms with Gasteiger partial charge in [-0.2, -0.15) is 9.61 Å². The van der Waals surface area contributed by atoms with Gasteiger partial charge in [-0.1, -0.05) is 11.3 Å². The largest absolute Gasteiger partial charge is 0.374 e. The summed E-state index contributed by atoms with van der Waals surface area (Å²) in [5, 5.41) is 17.0. The second kappa shape index (κ2) is 3.01. The van der Waals surface area contributed by atoms with Gasteiger partial charge in [-0.3, -0.25) is 4.68 Å². The van der Waals surface area contributed by atoms with Crippen LogP contribution in [0.15, 0.2) is 6.07 Å². The van der Waals surface area contributed by atoms with Crippen LogP contribution in [0.25, 0.3) is 16.5 Å². The van der Waals surface area contributed by atoms with Crippen molar-refractivity contribution in [2.24, 2.45) is 7.05 Å². The van der Waals surface area contributed by atoms with Crippen molar-refractivity contribution in [1.82, 2.24) is 29.6 Å². The molecular formula is C8H9N7S. The Morgan fingerprint density at radius 1 is 1.31 bits per heavy atom. The molecule has 0 amide bonds. The molecule has 0 atom stereocenters. The van der Waals surface area contributed by atoms with E-state index in [4.69, 9.17) is 5.73 Å². The molecule has 0 aromatic carbocycles. The van der Waals surface area contributed by atoms with Crippen molar-refractivity contribution in [2.45, 2.75) is 6.92 Å². The SMILES string of the molecule is Cc1cc(-c2nnc3sc(N)nn23)nn1C. The lowest BCUT2D eigenvalue weighted by atomic mass is 10.3. The number of nitrogens with two attached hydrogens (primary N) is 1. The van der Waals surface area contributed by atoms with Gasteiger partial charge in [-0.05, 0) is 13.0 Å². The normalized spacial score (nSPS) is 11.4. The van der Waals surface area contributed by atoms with Crippen molar-refractivity contribution in [1.29, 1.82) is 0 Å². The standard InChI is InChI=1S/C8H9N7S/c1-4-3-5(12-14(4)2)6-10-11-8-15(6)13-7(9)16-8/h3H,1-2H3,(H2,9,13). The number of nitrogen functional groups attached to an aromatic ring is 1. The highest BCUT2D eigenvalue weighted by Gasteiger charge is 2.15. The molecule has 0 aliphatic heterocycles. The maximum atomic E-state index is 5.61. The molecule has 0 spiro atoms. The van der Waals surface area contributed by atoms with Crippen molar-refractivity contribution in [2.75, 3.05) is 5.73 Å². The number of aromatic nitrogens is 6. The number of anilines is 1. The van der Waals surface area contributed by atoms with E-state index in [0.717, 1.165) is 11.4 Å². The molecule has 7 nitrogen and oxygen atoms in total. The van der Waals surface area contributed by atoms with Crippen LogP contribution in [0.1, 0.15) is 5.69 Å². The van der Waals surface area contributed by atoms with Gasteiger partial charge in [0.2, 0.25) is 15.9 Å². The molecule has 3 heterocycles. The summed E-state index contributed by atoms with van der Waals surface area (Å²) >= 11 is 1.30. The van der Waals surface area contributed by atoms with Crippen LogP contribution in [0.2, 0.25) is 0 Å². The molecule has 0 aliphatic rings. The smallest absolute Gasteiger partial charge is 0.236 e. The fourth-order valence-corrected chi connectivity index (χ4v) is 2.07. The summed E-state index contributed by atoms with van der Waals surface area (Å²) < 4.78 is 3.40. The van der Waals surface area contributed by atoms with Gasteiger partial charge in [0, 0.05) is 12.7 Å². The van der Waals surface area contributed by atoms with E-state index in [1.165, 1.54) is 11.3 Å². The summed E-state index contributed by atoms with van der Waals surface area (Å²) in [7, 11) is 1.88. The number of nitrogens with zero attached hydrogens (tertiary/aromatic N) is 6. The fraction of sp³-hybridized carbons (Fsp3) is 0.250. The van der Waals surface area contributed by atoms with E-state index >= 15 is 0 Å². The highest BCUT2D eigenvalue weighted by atomic mass is 32.1. The van der Waals surface area contributed by atoms with Crippen LogP contribution in [0.5, 0.6) is 0 Å². The van der Waals surface area contributed by atoms with E-state index in [1.807, 2.05) is 20.0 Å². The van der Waals surface area contributed by atoms with Gasteiger partial charge in [-0.15, -0.1) is 15.3 Å². The van der Waals surface area contributed by atoms with Crippen LogP contribution in [-0.2, 0) is 7.05 Å². The van der Waals surface area contributed by atoms with Gasteiger partial charge in [0.1, 0.15) is 5.69 Å². The monoisotopic (exact) mass is 235 g/mol. The number of aryl methyl sites for hydroxylation is 2. The Morgan fingerprint density at radius 3 is 2.81 bits per heavy atom. The average molecular weight is 235 g/mol. The molecule has 82 valence electrons. The van der Waals surface area contributed by atoms with Crippen molar-refractivity contribution < 1.29 is 0 Å². The molecule has 0 aliphatic carbocycles. The number of hydrogen-bond donors (Lipinski definition) is 1. The first-order valence-corrected chi connectivity index (χ1v) is 5.45. The molecule has 0 saturated carbocycles. The van der Waals surface area contributed by atoms with Crippen molar-refractivity contribution in [3.63, 3.8) is 0 Å². The van der Waals surface area contributed by atoms with E-state index in [1.54, 1.807) is 9.20 Å². The number of fused-ring (bicyclic) bond motifs is 1. The Labute approximate surface area is 94.5 Å². The molecule has 0 fully saturated rings. The van der Waals surface area contributed by atoms with Gasteiger partial charge in [0.05, 0.1) is 0 Å². The molecule has 3 rings (SSSR count). The third-order valence-corrected chi connectivity index (χ3v) is 3.08. The quantitative estimate of drug-likeness (QED) is 0.662. The summed E-state index contributed by atoms with van der Waals surface area (Å²) in [6.07, 6.45) is 0. The highest BCUT2D eigenvalue weighted by Crippen LogP contribution is 2.21. The molecule has 0 saturated heterocycles. The first-order chi connectivity index (χ1) is 7.65. The van der Waals surface area contributed by atoms with Gasteiger partial charge >= 0.3 is 0 Å². The summed E-state index contributed by atoms with van der Waals surface area (Å²) in [5.74, 6) is 0.617. The van der Waals surface area contributed by atoms with Crippen LogP contribution < -0.4 is 5.73 Å². The van der Waals surface area contributed by atoms with Gasteiger partial charge in [0.15, 0.2) is 0 Å². The zero-order valence-corrected chi connectivity index (χ0v) is 9.56. The predicted molar refractivity (Wildman–Crippen MR) is 60.0 cm³/mol. The third-order valence-electron chi connectivity index (χ3n) is 2.35. The Bertz CT molecular complexity index is 642. The third kappa shape index (κ3) is 1.20. The molecule has 0 bridgehead atoms. The topological polar surface area (TPSA) is 86.9 Å². The van der Waals surface area contributed by atoms with Crippen molar-refractivity contribution >= 4 is 21.4 Å². The Kier molecular flexibility index (Phi) is 1.75. The Hall–Kier alpha value is -1.96. The first-order valence-electron chi connectivity index (χ1n) is 4.64. The van der Waals surface area contributed by atoms with Crippen LogP contribution >= 0.6 is 11.3 Å². The zero-order chi connectivity index (χ0) is 11.3. The summed E-state index contributed by atoms with van der Waals surface area (Å²) in [5.41, 5.74) is 7.41. The minimum Gasteiger partial charge on any atom is -0.374 e. The van der Waals surface area contributed by atoms with E-state index in [9.17, 15) is 0 Å². The van der Waals surface area contributed by atoms with Crippen LogP contribution in [0, 0.1) is 6.92 Å². The summed E-state index contributed by atoms with van der Waals surface area (Å²) in [4.78, 5) is 0.677. The maximum absolute atomic E-state index is 5.61. The molecule has 0 unspecified atom stereocenters.